The summed E-state index contributed by atoms with van der Waals surface area (Å²) in [6.45, 7) is 0. The Morgan fingerprint density at radius 3 is 1.38 bits per heavy atom. The average molecular weight is 393 g/mol. The lowest BCUT2D eigenvalue weighted by Gasteiger charge is -2.17. The molecule has 3 rings (SSSR count). The van der Waals surface area contributed by atoms with Gasteiger partial charge in [0, 0.05) is 60.2 Å². The molecule has 0 aromatic heterocycles. The van der Waals surface area contributed by atoms with Gasteiger partial charge in [-0.05, 0) is 22.6 Å². The van der Waals surface area contributed by atoms with Crippen molar-refractivity contribution in [3.63, 3.8) is 0 Å². The predicted octanol–water partition coefficient (Wildman–Crippen LogP) is 4.00. The molecule has 0 unspecified atom stereocenters. The van der Waals surface area contributed by atoms with Crippen LogP contribution < -0.4 is 0 Å². The number of fused-ring (bicyclic) bond motifs is 2. The molecule has 4 nitrogen and oxygen atoms in total. The van der Waals surface area contributed by atoms with Gasteiger partial charge >= 0.3 is 0 Å². The van der Waals surface area contributed by atoms with E-state index < -0.39 is 0 Å². The average Bonchev–Trinajstić information content (AvgIpc) is 2.67. The smallest absolute Gasteiger partial charge is 0.166 e. The highest BCUT2D eigenvalue weighted by atomic mass is 32.2. The highest BCUT2D eigenvalue weighted by molar-refractivity contribution is 7.99. The molecule has 0 amide bonds. The van der Waals surface area contributed by atoms with Crippen LogP contribution in [0.15, 0.2) is 46.2 Å². The predicted molar refractivity (Wildman–Crippen MR) is 105 cm³/mol. The van der Waals surface area contributed by atoms with Gasteiger partial charge in [-0.25, -0.2) is 0 Å². The molecule has 0 saturated carbocycles. The van der Waals surface area contributed by atoms with Gasteiger partial charge in [-0.1, -0.05) is 24.3 Å². The molecule has 0 fully saturated rings. The SMILES string of the molecule is COC(CSc1cccc2c1=c1cccc(SCC(OC)OC)c1=2)OC. The molecule has 0 heterocycles. The van der Waals surface area contributed by atoms with E-state index in [-0.39, 0.29) is 12.6 Å². The van der Waals surface area contributed by atoms with Crippen LogP contribution in [-0.4, -0.2) is 52.5 Å². The maximum atomic E-state index is 5.30. The summed E-state index contributed by atoms with van der Waals surface area (Å²) in [5.41, 5.74) is 0. The molecule has 0 spiro atoms. The third kappa shape index (κ3) is 3.96. The largest absolute Gasteiger partial charge is 0.355 e. The monoisotopic (exact) mass is 392 g/mol. The number of thioether (sulfide) groups is 2. The molecule has 1 aliphatic rings. The van der Waals surface area contributed by atoms with Crippen LogP contribution in [-0.2, 0) is 18.9 Å². The number of methoxy groups -OCH3 is 4. The maximum absolute atomic E-state index is 5.30. The molecule has 26 heavy (non-hydrogen) atoms. The molecule has 6 heteroatoms. The van der Waals surface area contributed by atoms with Crippen LogP contribution in [0.25, 0.3) is 0 Å². The lowest BCUT2D eigenvalue weighted by molar-refractivity contribution is -0.0844. The Bertz CT molecular complexity index is 823. The Labute approximate surface area is 162 Å². The Balaban J connectivity index is 1.91. The molecule has 2 aromatic carbocycles. The second kappa shape index (κ2) is 9.26. The van der Waals surface area contributed by atoms with Crippen molar-refractivity contribution in [1.82, 2.24) is 0 Å². The number of ether oxygens (including phenoxy) is 4. The minimum absolute atomic E-state index is 0.197. The summed E-state index contributed by atoms with van der Waals surface area (Å²) < 4.78 is 21.2. The van der Waals surface area contributed by atoms with Crippen LogP contribution in [0.1, 0.15) is 0 Å². The van der Waals surface area contributed by atoms with Gasteiger partial charge in [0.1, 0.15) is 0 Å². The summed E-state index contributed by atoms with van der Waals surface area (Å²) in [6, 6.07) is 13.0. The van der Waals surface area contributed by atoms with Crippen molar-refractivity contribution in [2.24, 2.45) is 0 Å². The van der Waals surface area contributed by atoms with E-state index in [1.165, 1.54) is 30.7 Å². The third-order valence-corrected chi connectivity index (χ3v) is 6.57. The van der Waals surface area contributed by atoms with Crippen LogP contribution in [0.2, 0.25) is 0 Å². The number of benzene rings is 2. The number of rotatable bonds is 10. The minimum Gasteiger partial charge on any atom is -0.355 e. The quantitative estimate of drug-likeness (QED) is 0.383. The zero-order valence-electron chi connectivity index (χ0n) is 15.5. The summed E-state index contributed by atoms with van der Waals surface area (Å²) in [5, 5.41) is 5.28. The lowest BCUT2D eigenvalue weighted by Crippen LogP contribution is -2.16. The van der Waals surface area contributed by atoms with E-state index in [9.17, 15) is 0 Å². The maximum Gasteiger partial charge on any atom is 0.166 e. The van der Waals surface area contributed by atoms with Crippen molar-refractivity contribution >= 4 is 23.5 Å². The third-order valence-electron chi connectivity index (χ3n) is 4.39. The number of hydrogen-bond acceptors (Lipinski definition) is 6. The number of hydrogen-bond donors (Lipinski definition) is 0. The fraction of sp³-hybridized carbons (Fsp3) is 0.400. The summed E-state index contributed by atoms with van der Waals surface area (Å²) in [7, 11) is 6.68. The summed E-state index contributed by atoms with van der Waals surface area (Å²) in [4.78, 5) is 2.53. The molecule has 0 radical (unpaired) electrons. The topological polar surface area (TPSA) is 36.9 Å². The van der Waals surface area contributed by atoms with Crippen molar-refractivity contribution in [3.05, 3.63) is 57.3 Å². The second-order valence-electron chi connectivity index (χ2n) is 5.78. The van der Waals surface area contributed by atoms with E-state index in [2.05, 4.69) is 36.4 Å². The molecular formula is C20H24O4S2. The molecule has 1 aliphatic carbocycles. The Morgan fingerprint density at radius 2 is 1.04 bits per heavy atom. The Hall–Kier alpha value is -1.02. The van der Waals surface area contributed by atoms with Gasteiger partial charge in [-0.2, -0.15) is 0 Å². The first-order valence-corrected chi connectivity index (χ1v) is 10.3. The molecule has 0 bridgehead atoms. The van der Waals surface area contributed by atoms with Gasteiger partial charge in [-0.3, -0.25) is 0 Å². The van der Waals surface area contributed by atoms with Crippen LogP contribution in [0, 0.1) is 20.9 Å². The van der Waals surface area contributed by atoms with E-state index in [4.69, 9.17) is 18.9 Å². The van der Waals surface area contributed by atoms with E-state index in [0.717, 1.165) is 11.5 Å². The second-order valence-corrected chi connectivity index (χ2v) is 7.91. The van der Waals surface area contributed by atoms with Crippen LogP contribution in [0.3, 0.4) is 0 Å². The molecule has 2 aromatic rings. The van der Waals surface area contributed by atoms with Crippen LogP contribution in [0.5, 0.6) is 0 Å². The summed E-state index contributed by atoms with van der Waals surface area (Å²) in [5.74, 6) is 1.52. The van der Waals surface area contributed by atoms with E-state index in [1.807, 2.05) is 0 Å². The van der Waals surface area contributed by atoms with Gasteiger partial charge in [-0.15, -0.1) is 23.5 Å². The van der Waals surface area contributed by atoms with Gasteiger partial charge < -0.3 is 18.9 Å². The molecule has 0 atom stereocenters. The van der Waals surface area contributed by atoms with Gasteiger partial charge in [0.25, 0.3) is 0 Å². The zero-order chi connectivity index (χ0) is 18.5. The standard InChI is InChI=1S/C20H24O4S2/c1-21-17(22-2)11-25-15-9-5-7-13-19(15)14-8-6-10-16(20(13)14)26-12-18(23-3)24-4/h5-10,17-18H,11-12H2,1-4H3. The fourth-order valence-corrected chi connectivity index (χ4v) is 5.25. The summed E-state index contributed by atoms with van der Waals surface area (Å²) in [6.07, 6.45) is -0.394. The minimum atomic E-state index is -0.197. The first-order chi connectivity index (χ1) is 12.7. The molecule has 0 aliphatic heterocycles. The normalized spacial score (nSPS) is 12.2. The van der Waals surface area contributed by atoms with Crippen molar-refractivity contribution in [2.45, 2.75) is 22.4 Å². The van der Waals surface area contributed by atoms with Gasteiger partial charge in [0.15, 0.2) is 12.6 Å². The molecule has 140 valence electrons. The molecule has 0 saturated heterocycles. The van der Waals surface area contributed by atoms with E-state index in [1.54, 1.807) is 52.0 Å². The van der Waals surface area contributed by atoms with Gasteiger partial charge in [0.2, 0.25) is 0 Å². The van der Waals surface area contributed by atoms with Crippen LogP contribution in [0.4, 0.5) is 0 Å². The van der Waals surface area contributed by atoms with E-state index >= 15 is 0 Å². The Kier molecular flexibility index (Phi) is 7.03. The van der Waals surface area contributed by atoms with Crippen molar-refractivity contribution in [2.75, 3.05) is 39.9 Å². The fourth-order valence-electron chi connectivity index (χ4n) is 2.99. The van der Waals surface area contributed by atoms with Crippen molar-refractivity contribution in [1.29, 1.82) is 0 Å². The lowest BCUT2D eigenvalue weighted by atomic mass is 10.0. The highest BCUT2D eigenvalue weighted by Gasteiger charge is 2.14. The van der Waals surface area contributed by atoms with Crippen LogP contribution >= 0.6 is 23.5 Å². The van der Waals surface area contributed by atoms with Gasteiger partial charge in [0.05, 0.1) is 0 Å². The summed E-state index contributed by atoms with van der Waals surface area (Å²) >= 11 is 3.54. The van der Waals surface area contributed by atoms with Crippen molar-refractivity contribution < 1.29 is 18.9 Å². The molecular weight excluding hydrogens is 368 g/mol. The van der Waals surface area contributed by atoms with Crippen molar-refractivity contribution in [3.8, 4) is 0 Å². The molecule has 0 N–H and O–H groups in total. The first kappa shape index (κ1) is 19.7. The highest BCUT2D eigenvalue weighted by Crippen LogP contribution is 2.31. The first-order valence-electron chi connectivity index (χ1n) is 8.37. The zero-order valence-corrected chi connectivity index (χ0v) is 17.1. The van der Waals surface area contributed by atoms with E-state index in [0.29, 0.717) is 0 Å². The Morgan fingerprint density at radius 1 is 0.654 bits per heavy atom.